The average Bonchev–Trinajstić information content (AvgIpc) is 3.77. The highest BCUT2D eigenvalue weighted by molar-refractivity contribution is 6.14. The Hall–Kier alpha value is -4.64. The predicted octanol–water partition coefficient (Wildman–Crippen LogP) is 5.18. The molecule has 338 valence electrons. The smallest absolute Gasteiger partial charge is 0.333 e. The van der Waals surface area contributed by atoms with Gasteiger partial charge in [-0.2, -0.15) is 0 Å². The van der Waals surface area contributed by atoms with Crippen LogP contribution in [0.25, 0.3) is 6.08 Å². The largest absolute Gasteiger partial charge is 0.482 e. The summed E-state index contributed by atoms with van der Waals surface area (Å²) < 4.78 is 42.0. The molecule has 5 fully saturated rings. The highest BCUT2D eigenvalue weighted by Crippen LogP contribution is 2.73. The number of Topliss-reactive ketones (excluding diaryl/α,β-unsaturated/α-hetero) is 1. The molecule has 3 aliphatic carbocycles. The lowest BCUT2D eigenvalue weighted by molar-refractivity contribution is -0.277. The summed E-state index contributed by atoms with van der Waals surface area (Å²) in [5.41, 5.74) is 0.0633. The minimum Gasteiger partial charge on any atom is -0.482 e. The normalized spacial score (nSPS) is 36.1. The van der Waals surface area contributed by atoms with Crippen LogP contribution in [0.1, 0.15) is 104 Å². The third-order valence-corrected chi connectivity index (χ3v) is 14.5. The van der Waals surface area contributed by atoms with Gasteiger partial charge in [0.1, 0.15) is 47.3 Å². The molecule has 0 radical (unpaired) electrons. The second-order valence-electron chi connectivity index (χ2n) is 19.5. The molecule has 0 amide bonds. The van der Waals surface area contributed by atoms with E-state index in [2.05, 4.69) is 31.0 Å². The summed E-state index contributed by atoms with van der Waals surface area (Å²) in [6, 6.07) is -0.495. The Bertz CT molecular complexity index is 2400. The van der Waals surface area contributed by atoms with Crippen molar-refractivity contribution >= 4 is 29.5 Å². The van der Waals surface area contributed by atoms with Crippen molar-refractivity contribution < 1.29 is 58.4 Å². The lowest BCUT2D eigenvalue weighted by Crippen LogP contribution is -2.79. The summed E-state index contributed by atoms with van der Waals surface area (Å²) in [6.07, 6.45) is 7.69. The van der Waals surface area contributed by atoms with Crippen molar-refractivity contribution in [2.75, 3.05) is 13.7 Å². The van der Waals surface area contributed by atoms with Crippen molar-refractivity contribution in [3.05, 3.63) is 70.1 Å². The van der Waals surface area contributed by atoms with E-state index < -0.39 is 83.6 Å². The fraction of sp³-hybridized carbons (Fsp3) is 0.583. The molecular formula is C48H59N3O12. The van der Waals surface area contributed by atoms with Gasteiger partial charge < -0.3 is 53.4 Å². The Labute approximate surface area is 367 Å². The Morgan fingerprint density at radius 2 is 1.75 bits per heavy atom. The lowest BCUT2D eigenvalue weighted by Gasteiger charge is -2.64. The number of ether oxygens (including phenoxy) is 6. The number of imidazole rings is 1. The number of hydrogen-bond acceptors (Lipinski definition) is 14. The molecule has 12 atom stereocenters. The van der Waals surface area contributed by atoms with Gasteiger partial charge in [0.05, 0.1) is 48.1 Å². The molecule has 2 aromatic rings. The summed E-state index contributed by atoms with van der Waals surface area (Å²) in [6.45, 7) is 15.1. The van der Waals surface area contributed by atoms with Crippen LogP contribution in [0, 0.1) is 17.8 Å². The quantitative estimate of drug-likeness (QED) is 0.131. The van der Waals surface area contributed by atoms with E-state index in [9.17, 15) is 25.2 Å². The van der Waals surface area contributed by atoms with E-state index in [4.69, 9.17) is 33.4 Å². The first kappa shape index (κ1) is 43.6. The summed E-state index contributed by atoms with van der Waals surface area (Å²) in [5.74, 6) is -0.814. The average molecular weight is 870 g/mol. The Morgan fingerprint density at radius 1 is 1.00 bits per heavy atom. The van der Waals surface area contributed by atoms with E-state index in [-0.39, 0.29) is 23.9 Å². The second kappa shape index (κ2) is 15.2. The molecule has 1 aromatic carbocycles. The summed E-state index contributed by atoms with van der Waals surface area (Å²) in [7, 11) is 1.32. The van der Waals surface area contributed by atoms with Crippen LogP contribution in [0.5, 0.6) is 17.2 Å². The van der Waals surface area contributed by atoms with Crippen LogP contribution in [0.15, 0.2) is 58.4 Å². The molecule has 10 rings (SSSR count). The second-order valence-corrected chi connectivity index (χ2v) is 19.5. The minimum absolute atomic E-state index is 0.0238. The topological polar surface area (TPSA) is 201 Å². The van der Waals surface area contributed by atoms with Crippen LogP contribution >= 0.6 is 0 Å². The highest BCUT2D eigenvalue weighted by atomic mass is 16.7. The SMILES string of the molecule is COC(=O)C(C)=CCC12OC(C)(C)C3CC(C1=O)C1C4C(=Nc5nccn51)c1c(O[C@H]5O[C@@H](CO)[C@H](O)[C@@H](O)[C@@H]5O)c5c(c(CC=C(C)C)c1OC432)OC(C)(CCC=C(C)C)C=C5. The first-order valence-electron chi connectivity index (χ1n) is 22.0. The number of methoxy groups -OCH3 is 1. The van der Waals surface area contributed by atoms with Gasteiger partial charge in [-0.3, -0.25) is 4.79 Å². The van der Waals surface area contributed by atoms with E-state index in [1.165, 1.54) is 12.7 Å². The molecule has 4 N–H and O–H groups in total. The third kappa shape index (κ3) is 6.35. The Kier molecular flexibility index (Phi) is 10.5. The van der Waals surface area contributed by atoms with Gasteiger partial charge in [0.25, 0.3) is 0 Å². The fourth-order valence-electron chi connectivity index (χ4n) is 11.5. The molecule has 5 aliphatic heterocycles. The first-order valence-corrected chi connectivity index (χ1v) is 22.0. The fourth-order valence-corrected chi connectivity index (χ4v) is 11.5. The number of hydrogen-bond donors (Lipinski definition) is 4. The predicted molar refractivity (Wildman–Crippen MR) is 230 cm³/mol. The molecule has 6 heterocycles. The van der Waals surface area contributed by atoms with Gasteiger partial charge in [0.15, 0.2) is 17.0 Å². The number of benzene rings is 1. The number of aromatic nitrogens is 2. The van der Waals surface area contributed by atoms with Crippen molar-refractivity contribution in [1.82, 2.24) is 9.55 Å². The molecule has 7 unspecified atom stereocenters. The molecule has 15 heteroatoms. The zero-order valence-electron chi connectivity index (χ0n) is 37.4. The van der Waals surface area contributed by atoms with Gasteiger partial charge in [0.2, 0.25) is 12.2 Å². The van der Waals surface area contributed by atoms with Crippen LogP contribution in [0.4, 0.5) is 5.95 Å². The molecule has 3 saturated carbocycles. The number of rotatable bonds is 11. The number of aliphatic imine (C=N–C) groups is 1. The van der Waals surface area contributed by atoms with E-state index in [0.29, 0.717) is 64.7 Å². The van der Waals surface area contributed by atoms with Gasteiger partial charge >= 0.3 is 5.97 Å². The number of ketones is 1. The number of carbonyl (C=O) groups excluding carboxylic acids is 2. The maximum atomic E-state index is 15.5. The molecule has 4 bridgehead atoms. The van der Waals surface area contributed by atoms with E-state index in [0.717, 1.165) is 12.0 Å². The van der Waals surface area contributed by atoms with Crippen LogP contribution in [-0.2, 0) is 30.2 Å². The molecule has 15 nitrogen and oxygen atoms in total. The molecule has 8 aliphatic rings. The van der Waals surface area contributed by atoms with Crippen LogP contribution < -0.4 is 14.2 Å². The van der Waals surface area contributed by atoms with E-state index in [1.54, 1.807) is 19.2 Å². The lowest BCUT2D eigenvalue weighted by atomic mass is 9.44. The van der Waals surface area contributed by atoms with Crippen molar-refractivity contribution in [3.8, 4) is 17.2 Å². The highest BCUT2D eigenvalue weighted by Gasteiger charge is 2.85. The van der Waals surface area contributed by atoms with E-state index in [1.807, 2.05) is 57.5 Å². The van der Waals surface area contributed by atoms with E-state index >= 15 is 4.79 Å². The minimum atomic E-state index is -1.74. The van der Waals surface area contributed by atoms with Crippen LogP contribution in [0.2, 0.25) is 0 Å². The molecular weight excluding hydrogens is 811 g/mol. The standard InChI is InChI=1S/C48H59N3O12/c1-23(2)11-10-16-46(8)17-15-27-38(61-46)26(13-12-24(3)4)40-31(39(27)60-43-37(55)36(54)35(53)29(22-52)59-43)33-32-34(51-20-19-49-44(51)50-33)28-21-30-45(6,7)63-47(41(28)56,48(30,32)62-40)18-14-25(5)42(57)58-9/h11-12,14-15,17,19-20,28-30,32,34-37,43,52-55H,10,13,16,18,21-22H2,1-9H3/t28?,29-,30?,32?,34?,35-,36+,37-,43+,46?,47?,48?/m0/s1. The Balaban J connectivity index is 1.35. The number of esters is 1. The number of aliphatic hydroxyl groups is 4. The first-order chi connectivity index (χ1) is 29.8. The molecule has 2 saturated heterocycles. The maximum Gasteiger partial charge on any atom is 0.333 e. The number of nitrogens with zero attached hydrogens (tertiary/aromatic N) is 3. The van der Waals surface area contributed by atoms with Gasteiger partial charge in [-0.15, -0.1) is 0 Å². The van der Waals surface area contributed by atoms with Gasteiger partial charge in [-0.1, -0.05) is 29.4 Å². The zero-order chi connectivity index (χ0) is 45.1. The third-order valence-electron chi connectivity index (χ3n) is 14.5. The van der Waals surface area contributed by atoms with Crippen molar-refractivity contribution in [2.45, 2.75) is 147 Å². The van der Waals surface area contributed by atoms with Crippen molar-refractivity contribution in [2.24, 2.45) is 22.7 Å². The molecule has 1 aromatic heterocycles. The number of carbonyl (C=O) groups is 2. The maximum absolute atomic E-state index is 15.5. The van der Waals surface area contributed by atoms with Gasteiger partial charge in [-0.05, 0) is 93.2 Å². The summed E-state index contributed by atoms with van der Waals surface area (Å²) >= 11 is 0. The van der Waals surface area contributed by atoms with Gasteiger partial charge in [0, 0.05) is 41.8 Å². The molecule has 1 spiro atoms. The van der Waals surface area contributed by atoms with Crippen LogP contribution in [-0.4, -0.2) is 114 Å². The van der Waals surface area contributed by atoms with Gasteiger partial charge in [-0.25, -0.2) is 14.8 Å². The summed E-state index contributed by atoms with van der Waals surface area (Å²) in [5, 5.41) is 43.4. The number of allylic oxidation sites excluding steroid dienone is 4. The Morgan fingerprint density at radius 3 is 2.44 bits per heavy atom. The van der Waals surface area contributed by atoms with Crippen LogP contribution in [0.3, 0.4) is 0 Å². The van der Waals surface area contributed by atoms with Crippen molar-refractivity contribution in [3.63, 3.8) is 0 Å². The van der Waals surface area contributed by atoms with Crippen molar-refractivity contribution in [1.29, 1.82) is 0 Å². The monoisotopic (exact) mass is 869 g/mol. The summed E-state index contributed by atoms with van der Waals surface area (Å²) in [4.78, 5) is 38.4. The number of fused-ring (bicyclic) bond motifs is 4. The zero-order valence-corrected chi connectivity index (χ0v) is 37.4. The number of aliphatic hydroxyl groups excluding tert-OH is 4. The molecule has 63 heavy (non-hydrogen) atoms.